The van der Waals surface area contributed by atoms with Crippen LogP contribution in [-0.2, 0) is 10.2 Å². The summed E-state index contributed by atoms with van der Waals surface area (Å²) >= 11 is 12.2. The zero-order valence-electron chi connectivity index (χ0n) is 14.0. The lowest BCUT2D eigenvalue weighted by Crippen LogP contribution is -2.42. The number of nitrogens with two attached hydrogens (primary N) is 1. The molecule has 10 heteroatoms. The Kier molecular flexibility index (Phi) is 5.86. The summed E-state index contributed by atoms with van der Waals surface area (Å²) in [7, 11) is 0. The van der Waals surface area contributed by atoms with Crippen LogP contribution in [0.4, 0.5) is 14.7 Å². The van der Waals surface area contributed by atoms with Crippen molar-refractivity contribution in [3.8, 4) is 0 Å². The Bertz CT molecular complexity index is 777. The highest BCUT2D eigenvalue weighted by atomic mass is 35.5. The molecule has 1 saturated carbocycles. The van der Waals surface area contributed by atoms with E-state index >= 15 is 0 Å². The van der Waals surface area contributed by atoms with Crippen molar-refractivity contribution in [1.82, 2.24) is 14.6 Å². The van der Waals surface area contributed by atoms with Gasteiger partial charge < -0.3 is 15.6 Å². The van der Waals surface area contributed by atoms with Crippen molar-refractivity contribution < 1.29 is 18.6 Å². The summed E-state index contributed by atoms with van der Waals surface area (Å²) in [6, 6.07) is 0. The summed E-state index contributed by atoms with van der Waals surface area (Å²) in [5, 5.41) is 13.0. The molecule has 0 radical (unpaired) electrons. The lowest BCUT2D eigenvalue weighted by Gasteiger charge is -2.40. The largest absolute Gasteiger partial charge is 0.391 e. The number of nitrogens with zero attached hydrogens (tertiary/aromatic N) is 3. The van der Waals surface area contributed by atoms with E-state index < -0.39 is 11.8 Å². The van der Waals surface area contributed by atoms with Crippen molar-refractivity contribution >= 4 is 34.7 Å². The highest BCUT2D eigenvalue weighted by Gasteiger charge is 2.51. The van der Waals surface area contributed by atoms with Gasteiger partial charge in [-0.25, -0.2) is 18.3 Å². The van der Waals surface area contributed by atoms with Crippen LogP contribution in [0.1, 0.15) is 37.8 Å². The van der Waals surface area contributed by atoms with E-state index in [1.165, 1.54) is 10.7 Å². The Labute approximate surface area is 159 Å². The van der Waals surface area contributed by atoms with Gasteiger partial charge in [-0.3, -0.25) is 0 Å². The number of hydrogen-bond donors (Lipinski definition) is 2. The van der Waals surface area contributed by atoms with Crippen molar-refractivity contribution in [3.63, 3.8) is 0 Å². The van der Waals surface area contributed by atoms with Gasteiger partial charge in [-0.1, -0.05) is 29.6 Å². The third-order valence-electron chi connectivity index (χ3n) is 4.86. The molecule has 1 aliphatic heterocycles. The second-order valence-electron chi connectivity index (χ2n) is 6.57. The van der Waals surface area contributed by atoms with Gasteiger partial charge in [0, 0.05) is 6.61 Å². The molecule has 3 N–H and O–H groups in total. The number of alkyl halides is 2. The van der Waals surface area contributed by atoms with E-state index in [-0.39, 0.29) is 27.8 Å². The topological polar surface area (TPSA) is 85.7 Å². The first-order valence-corrected chi connectivity index (χ1v) is 9.15. The predicted octanol–water partition coefficient (Wildman–Crippen LogP) is 3.46. The van der Waals surface area contributed by atoms with Crippen molar-refractivity contribution in [1.29, 1.82) is 0 Å². The van der Waals surface area contributed by atoms with Crippen molar-refractivity contribution in [3.05, 3.63) is 21.9 Å². The van der Waals surface area contributed by atoms with Gasteiger partial charge >= 0.3 is 0 Å². The maximum Gasteiger partial charge on any atom is 0.249 e. The molecule has 2 fully saturated rings. The molecule has 26 heavy (non-hydrogen) atoms. The van der Waals surface area contributed by atoms with Crippen LogP contribution in [0.25, 0.3) is 5.52 Å². The quantitative estimate of drug-likeness (QED) is 0.794. The Balaban J connectivity index is 0.000000236. The van der Waals surface area contributed by atoms with Crippen molar-refractivity contribution in [2.45, 2.75) is 50.0 Å². The van der Waals surface area contributed by atoms with Gasteiger partial charge in [-0.15, -0.1) is 5.10 Å². The fourth-order valence-electron chi connectivity index (χ4n) is 3.26. The van der Waals surface area contributed by atoms with Crippen molar-refractivity contribution in [2.75, 3.05) is 18.9 Å². The van der Waals surface area contributed by atoms with Crippen LogP contribution in [0.15, 0.2) is 6.20 Å². The van der Waals surface area contributed by atoms with Crippen LogP contribution < -0.4 is 5.73 Å². The van der Waals surface area contributed by atoms with Crippen LogP contribution in [0.5, 0.6) is 0 Å². The number of ether oxygens (including phenoxy) is 1. The zero-order chi connectivity index (χ0) is 18.9. The summed E-state index contributed by atoms with van der Waals surface area (Å²) in [5.41, 5.74) is 4.86. The number of fused-ring (bicyclic) bond motifs is 1. The zero-order valence-corrected chi connectivity index (χ0v) is 15.5. The first-order valence-electron chi connectivity index (χ1n) is 8.39. The van der Waals surface area contributed by atoms with Gasteiger partial charge in [0.1, 0.15) is 5.52 Å². The molecule has 1 aliphatic carbocycles. The summed E-state index contributed by atoms with van der Waals surface area (Å²) < 4.78 is 33.1. The second kappa shape index (κ2) is 7.80. The number of rotatable bonds is 2. The smallest absolute Gasteiger partial charge is 0.249 e. The molecule has 0 bridgehead atoms. The number of halogens is 4. The average Bonchev–Trinajstić information content (AvgIpc) is 2.80. The monoisotopic (exact) mass is 408 g/mol. The second-order valence-corrected chi connectivity index (χ2v) is 7.33. The van der Waals surface area contributed by atoms with E-state index in [1.54, 1.807) is 0 Å². The standard InChI is InChI=1S/C11H10Cl2F2N4.C5H10O2/c12-6-5-4-17-10(16)18-19(5)8(7(6)13)11(9(14)15)2-1-3-11;6-5-2-1-3-7-4-5/h4,9H,1-3H2,(H2,16,18);5-6H,1-4H2. The summed E-state index contributed by atoms with van der Waals surface area (Å²) in [6.45, 7) is 1.37. The van der Waals surface area contributed by atoms with Crippen LogP contribution in [0.2, 0.25) is 10.0 Å². The molecule has 4 rings (SSSR count). The SMILES string of the molecule is Nc1ncc2c(Cl)c(Cl)c(C3(C(F)F)CCC3)n2n1.OC1CCCOC1. The molecule has 1 atom stereocenters. The number of hydrogen-bond acceptors (Lipinski definition) is 5. The van der Waals surface area contributed by atoms with Crippen LogP contribution >= 0.6 is 23.2 Å². The van der Waals surface area contributed by atoms with E-state index in [2.05, 4.69) is 10.1 Å². The number of aliphatic hydroxyl groups is 1. The van der Waals surface area contributed by atoms with Gasteiger partial charge in [0.2, 0.25) is 12.4 Å². The van der Waals surface area contributed by atoms with E-state index in [0.717, 1.165) is 25.9 Å². The Morgan fingerprint density at radius 2 is 2.04 bits per heavy atom. The fourth-order valence-corrected chi connectivity index (χ4v) is 3.85. The van der Waals surface area contributed by atoms with Gasteiger partial charge in [0.15, 0.2) is 0 Å². The summed E-state index contributed by atoms with van der Waals surface area (Å²) in [4.78, 5) is 3.81. The third-order valence-corrected chi connectivity index (χ3v) is 5.71. The minimum atomic E-state index is -2.52. The Morgan fingerprint density at radius 1 is 1.31 bits per heavy atom. The van der Waals surface area contributed by atoms with Crippen LogP contribution in [0.3, 0.4) is 0 Å². The first-order chi connectivity index (χ1) is 12.4. The van der Waals surface area contributed by atoms with Gasteiger partial charge in [0.05, 0.1) is 40.1 Å². The minimum absolute atomic E-state index is 0.0131. The molecule has 2 aliphatic rings. The number of aromatic nitrogens is 3. The fraction of sp³-hybridized carbons (Fsp3) is 0.625. The number of aliphatic hydroxyl groups excluding tert-OH is 1. The lowest BCUT2D eigenvalue weighted by molar-refractivity contribution is -0.00535. The normalized spacial score (nSPS) is 22.0. The maximum atomic E-state index is 13.4. The Morgan fingerprint density at radius 3 is 2.50 bits per heavy atom. The molecule has 0 aromatic carbocycles. The van der Waals surface area contributed by atoms with Gasteiger partial charge in [0.25, 0.3) is 0 Å². The first kappa shape index (κ1) is 19.5. The molecule has 6 nitrogen and oxygen atoms in total. The van der Waals surface area contributed by atoms with E-state index in [4.69, 9.17) is 38.8 Å². The van der Waals surface area contributed by atoms with E-state index in [0.29, 0.717) is 25.0 Å². The highest BCUT2D eigenvalue weighted by molar-refractivity contribution is 6.45. The van der Waals surface area contributed by atoms with Gasteiger partial charge in [-0.2, -0.15) is 0 Å². The lowest BCUT2D eigenvalue weighted by atomic mass is 9.67. The van der Waals surface area contributed by atoms with Crippen molar-refractivity contribution in [2.24, 2.45) is 0 Å². The molecule has 3 heterocycles. The molecule has 2 aromatic heterocycles. The number of anilines is 1. The predicted molar refractivity (Wildman–Crippen MR) is 95.0 cm³/mol. The van der Waals surface area contributed by atoms with Crippen LogP contribution in [0, 0.1) is 0 Å². The molecule has 0 spiro atoms. The molecule has 1 unspecified atom stereocenters. The third kappa shape index (κ3) is 3.47. The average molecular weight is 409 g/mol. The Hall–Kier alpha value is -1.22. The summed E-state index contributed by atoms with van der Waals surface area (Å²) in [6.07, 6.45) is 2.05. The maximum absolute atomic E-state index is 13.4. The molecular weight excluding hydrogens is 389 g/mol. The van der Waals surface area contributed by atoms with E-state index in [9.17, 15) is 8.78 Å². The molecule has 0 amide bonds. The summed E-state index contributed by atoms with van der Waals surface area (Å²) in [5.74, 6) is -0.0131. The molecule has 2 aromatic rings. The number of nitrogen functional groups attached to an aromatic ring is 1. The van der Waals surface area contributed by atoms with Gasteiger partial charge in [-0.05, 0) is 25.7 Å². The molecule has 144 valence electrons. The molecule has 1 saturated heterocycles. The highest BCUT2D eigenvalue weighted by Crippen LogP contribution is 2.52. The van der Waals surface area contributed by atoms with Crippen LogP contribution in [-0.4, -0.2) is 45.4 Å². The minimum Gasteiger partial charge on any atom is -0.391 e. The van der Waals surface area contributed by atoms with E-state index in [1.807, 2.05) is 0 Å². The molecular formula is C16H20Cl2F2N4O2.